The summed E-state index contributed by atoms with van der Waals surface area (Å²) >= 11 is 0. The Morgan fingerprint density at radius 2 is 2.24 bits per heavy atom. The van der Waals surface area contributed by atoms with E-state index in [9.17, 15) is 0 Å². The zero-order valence-electron chi connectivity index (χ0n) is 10.2. The summed E-state index contributed by atoms with van der Waals surface area (Å²) in [5.74, 6) is 0.711. The Morgan fingerprint density at radius 1 is 1.24 bits per heavy atom. The fraction of sp³-hybridized carbons (Fsp3) is 0.533. The topological polar surface area (TPSA) is 24.9 Å². The van der Waals surface area contributed by atoms with Crippen molar-refractivity contribution in [2.45, 2.75) is 44.2 Å². The predicted octanol–water partition coefficient (Wildman–Crippen LogP) is 3.02. The number of aromatic nitrogens is 1. The number of hydrogen-bond donors (Lipinski definition) is 1. The lowest BCUT2D eigenvalue weighted by molar-refractivity contribution is 0.448. The van der Waals surface area contributed by atoms with Crippen LogP contribution in [0.2, 0.25) is 0 Å². The largest absolute Gasteiger partial charge is 0.311 e. The highest BCUT2D eigenvalue weighted by Crippen LogP contribution is 2.30. The van der Waals surface area contributed by atoms with Gasteiger partial charge >= 0.3 is 0 Å². The fourth-order valence-electron chi connectivity index (χ4n) is 3.16. The lowest BCUT2D eigenvalue weighted by Crippen LogP contribution is -2.31. The second-order valence-electron chi connectivity index (χ2n) is 5.29. The van der Waals surface area contributed by atoms with Crippen molar-refractivity contribution in [3.05, 3.63) is 36.2 Å². The summed E-state index contributed by atoms with van der Waals surface area (Å²) in [6.07, 6.45) is 15.2. The molecule has 1 aromatic rings. The molecule has 2 saturated heterocycles. The number of rotatable bonds is 2. The third kappa shape index (κ3) is 2.58. The van der Waals surface area contributed by atoms with Crippen molar-refractivity contribution in [2.24, 2.45) is 5.92 Å². The summed E-state index contributed by atoms with van der Waals surface area (Å²) in [5.41, 5.74) is 1.21. The maximum absolute atomic E-state index is 4.15. The SMILES string of the molecule is C(=C\C1CCCC2CCC1N2)/c1cccnc1. The Kier molecular flexibility index (Phi) is 3.23. The Hall–Kier alpha value is -1.15. The minimum atomic E-state index is 0.711. The third-order valence-corrected chi connectivity index (χ3v) is 4.10. The molecule has 0 aliphatic carbocycles. The van der Waals surface area contributed by atoms with Gasteiger partial charge in [-0.05, 0) is 43.2 Å². The average molecular weight is 228 g/mol. The molecule has 17 heavy (non-hydrogen) atoms. The van der Waals surface area contributed by atoms with E-state index in [1.54, 1.807) is 0 Å². The van der Waals surface area contributed by atoms with Crippen LogP contribution in [-0.2, 0) is 0 Å². The number of nitrogens with one attached hydrogen (secondary N) is 1. The molecule has 3 unspecified atom stereocenters. The number of hydrogen-bond acceptors (Lipinski definition) is 2. The average Bonchev–Trinajstić information content (AvgIpc) is 2.72. The first-order valence-corrected chi connectivity index (χ1v) is 6.76. The first kappa shape index (κ1) is 11.0. The minimum absolute atomic E-state index is 0.711. The van der Waals surface area contributed by atoms with Gasteiger partial charge in [0, 0.05) is 24.5 Å². The van der Waals surface area contributed by atoms with Crippen molar-refractivity contribution < 1.29 is 0 Å². The molecule has 2 bridgehead atoms. The number of nitrogens with zero attached hydrogens (tertiary/aromatic N) is 1. The molecule has 0 aromatic carbocycles. The maximum Gasteiger partial charge on any atom is 0.0340 e. The molecule has 0 spiro atoms. The minimum Gasteiger partial charge on any atom is -0.311 e. The van der Waals surface area contributed by atoms with Crippen molar-refractivity contribution in [3.63, 3.8) is 0 Å². The first-order valence-electron chi connectivity index (χ1n) is 6.76. The van der Waals surface area contributed by atoms with Gasteiger partial charge in [-0.15, -0.1) is 0 Å². The Labute approximate surface area is 103 Å². The van der Waals surface area contributed by atoms with Crippen molar-refractivity contribution in [2.75, 3.05) is 0 Å². The zero-order chi connectivity index (χ0) is 11.5. The van der Waals surface area contributed by atoms with E-state index in [4.69, 9.17) is 0 Å². The molecule has 3 heterocycles. The Bertz CT molecular complexity index is 385. The van der Waals surface area contributed by atoms with E-state index >= 15 is 0 Å². The van der Waals surface area contributed by atoms with Crippen LogP contribution in [0.5, 0.6) is 0 Å². The molecule has 2 aliphatic rings. The Morgan fingerprint density at radius 3 is 3.12 bits per heavy atom. The first-order chi connectivity index (χ1) is 8.42. The van der Waals surface area contributed by atoms with Crippen molar-refractivity contribution in [3.8, 4) is 0 Å². The normalized spacial score (nSPS) is 32.8. The highest BCUT2D eigenvalue weighted by atomic mass is 15.0. The van der Waals surface area contributed by atoms with Crippen LogP contribution in [0.25, 0.3) is 6.08 Å². The van der Waals surface area contributed by atoms with Crippen LogP contribution >= 0.6 is 0 Å². The van der Waals surface area contributed by atoms with Gasteiger partial charge in [0.15, 0.2) is 0 Å². The van der Waals surface area contributed by atoms with E-state index in [1.165, 1.54) is 37.7 Å². The molecule has 2 fully saturated rings. The maximum atomic E-state index is 4.15. The lowest BCUT2D eigenvalue weighted by Gasteiger charge is -2.18. The lowest BCUT2D eigenvalue weighted by atomic mass is 9.90. The number of fused-ring (bicyclic) bond motifs is 2. The van der Waals surface area contributed by atoms with Gasteiger partial charge in [-0.2, -0.15) is 0 Å². The number of pyridine rings is 1. The van der Waals surface area contributed by atoms with Gasteiger partial charge in [0.1, 0.15) is 0 Å². The Balaban J connectivity index is 1.69. The predicted molar refractivity (Wildman–Crippen MR) is 70.6 cm³/mol. The molecular formula is C15H20N2. The van der Waals surface area contributed by atoms with Crippen LogP contribution in [0.4, 0.5) is 0 Å². The van der Waals surface area contributed by atoms with E-state index in [2.05, 4.69) is 28.5 Å². The standard InChI is InChI=1S/C15H20N2/c1-4-13(15-9-8-14(5-1)17-15)7-6-12-3-2-10-16-11-12/h2-3,6-7,10-11,13-15,17H,1,4-5,8-9H2/b7-6+. The van der Waals surface area contributed by atoms with Crippen LogP contribution in [0.15, 0.2) is 30.6 Å². The molecule has 2 aliphatic heterocycles. The highest BCUT2D eigenvalue weighted by Gasteiger charge is 2.31. The van der Waals surface area contributed by atoms with Gasteiger partial charge in [0.25, 0.3) is 0 Å². The molecule has 2 heteroatoms. The summed E-state index contributed by atoms with van der Waals surface area (Å²) in [5, 5.41) is 3.77. The quantitative estimate of drug-likeness (QED) is 0.841. The van der Waals surface area contributed by atoms with Crippen LogP contribution in [0, 0.1) is 5.92 Å². The van der Waals surface area contributed by atoms with Crippen molar-refractivity contribution in [1.82, 2.24) is 10.3 Å². The van der Waals surface area contributed by atoms with Crippen molar-refractivity contribution in [1.29, 1.82) is 0 Å². The van der Waals surface area contributed by atoms with E-state index in [0.717, 1.165) is 12.1 Å². The van der Waals surface area contributed by atoms with Gasteiger partial charge in [-0.1, -0.05) is 24.6 Å². The molecule has 90 valence electrons. The molecule has 3 atom stereocenters. The van der Waals surface area contributed by atoms with Crippen LogP contribution in [-0.4, -0.2) is 17.1 Å². The van der Waals surface area contributed by atoms with Gasteiger partial charge in [-0.3, -0.25) is 4.98 Å². The summed E-state index contributed by atoms with van der Waals surface area (Å²) in [7, 11) is 0. The van der Waals surface area contributed by atoms with Gasteiger partial charge < -0.3 is 5.32 Å². The third-order valence-electron chi connectivity index (χ3n) is 4.10. The summed E-state index contributed by atoms with van der Waals surface area (Å²) < 4.78 is 0. The summed E-state index contributed by atoms with van der Waals surface area (Å²) in [4.78, 5) is 4.15. The molecule has 1 aromatic heterocycles. The van der Waals surface area contributed by atoms with Crippen LogP contribution in [0.1, 0.15) is 37.7 Å². The molecule has 0 radical (unpaired) electrons. The zero-order valence-corrected chi connectivity index (χ0v) is 10.2. The van der Waals surface area contributed by atoms with E-state index < -0.39 is 0 Å². The van der Waals surface area contributed by atoms with Crippen LogP contribution < -0.4 is 5.32 Å². The molecule has 3 rings (SSSR count). The van der Waals surface area contributed by atoms with E-state index in [1.807, 2.05) is 18.5 Å². The second-order valence-corrected chi connectivity index (χ2v) is 5.29. The van der Waals surface area contributed by atoms with Gasteiger partial charge in [-0.25, -0.2) is 0 Å². The molecule has 0 amide bonds. The smallest absolute Gasteiger partial charge is 0.0340 e. The molecule has 1 N–H and O–H groups in total. The molecule has 0 saturated carbocycles. The monoisotopic (exact) mass is 228 g/mol. The van der Waals surface area contributed by atoms with E-state index in [-0.39, 0.29) is 0 Å². The van der Waals surface area contributed by atoms with Gasteiger partial charge in [0.05, 0.1) is 0 Å². The van der Waals surface area contributed by atoms with Crippen molar-refractivity contribution >= 4 is 6.08 Å². The fourth-order valence-corrected chi connectivity index (χ4v) is 3.16. The molecule has 2 nitrogen and oxygen atoms in total. The summed E-state index contributed by atoms with van der Waals surface area (Å²) in [6.45, 7) is 0. The van der Waals surface area contributed by atoms with E-state index in [0.29, 0.717) is 5.92 Å². The second kappa shape index (κ2) is 5.01. The van der Waals surface area contributed by atoms with Crippen LogP contribution in [0.3, 0.4) is 0 Å². The molecular weight excluding hydrogens is 208 g/mol. The summed E-state index contributed by atoms with van der Waals surface area (Å²) in [6, 6.07) is 5.63. The van der Waals surface area contributed by atoms with Gasteiger partial charge in [0.2, 0.25) is 0 Å². The highest BCUT2D eigenvalue weighted by molar-refractivity contribution is 5.47.